The molecule has 3 rings (SSSR count). The fraction of sp³-hybridized carbons (Fsp3) is 0.188. The van der Waals surface area contributed by atoms with Gasteiger partial charge in [-0.3, -0.25) is 14.6 Å². The van der Waals surface area contributed by atoms with E-state index in [0.29, 0.717) is 18.4 Å². The molecule has 0 saturated heterocycles. The summed E-state index contributed by atoms with van der Waals surface area (Å²) in [7, 11) is 0. The second kappa shape index (κ2) is 5.36. The predicted molar refractivity (Wildman–Crippen MR) is 80.3 cm³/mol. The van der Waals surface area contributed by atoms with E-state index in [-0.39, 0.29) is 11.8 Å². The van der Waals surface area contributed by atoms with Gasteiger partial charge in [-0.1, -0.05) is 0 Å². The number of hydrogen-bond acceptors (Lipinski definition) is 3. The smallest absolute Gasteiger partial charge is 0.255 e. The second-order valence-corrected chi connectivity index (χ2v) is 5.06. The lowest BCUT2D eigenvalue weighted by atomic mass is 10.00. The molecular formula is C16H15N3O2. The maximum atomic E-state index is 12.3. The number of carbonyl (C=O) groups is 2. The zero-order valence-electron chi connectivity index (χ0n) is 11.6. The molecule has 5 nitrogen and oxygen atoms in total. The van der Waals surface area contributed by atoms with Crippen molar-refractivity contribution in [2.75, 3.05) is 10.6 Å². The van der Waals surface area contributed by atoms with Crippen molar-refractivity contribution in [3.63, 3.8) is 0 Å². The fourth-order valence-electron chi connectivity index (χ4n) is 2.35. The van der Waals surface area contributed by atoms with Gasteiger partial charge in [-0.15, -0.1) is 0 Å². The minimum absolute atomic E-state index is 0.0203. The van der Waals surface area contributed by atoms with Crippen LogP contribution in [0.2, 0.25) is 0 Å². The number of amides is 2. The molecule has 1 aliphatic rings. The maximum Gasteiger partial charge on any atom is 0.255 e. The Labute approximate surface area is 122 Å². The van der Waals surface area contributed by atoms with E-state index in [4.69, 9.17) is 0 Å². The first-order valence-electron chi connectivity index (χ1n) is 6.78. The Bertz CT molecular complexity index is 725. The maximum absolute atomic E-state index is 12.3. The van der Waals surface area contributed by atoms with Crippen molar-refractivity contribution in [1.29, 1.82) is 0 Å². The lowest BCUT2D eigenvalue weighted by Gasteiger charge is -2.17. The molecular weight excluding hydrogens is 266 g/mol. The van der Waals surface area contributed by atoms with Crippen LogP contribution < -0.4 is 10.6 Å². The molecule has 0 fully saturated rings. The minimum atomic E-state index is -0.166. The van der Waals surface area contributed by atoms with Gasteiger partial charge in [0.1, 0.15) is 0 Å². The molecule has 0 bridgehead atoms. The Hall–Kier alpha value is -2.69. The quantitative estimate of drug-likeness (QED) is 0.888. The normalized spacial score (nSPS) is 13.3. The van der Waals surface area contributed by atoms with Crippen molar-refractivity contribution in [3.05, 3.63) is 53.3 Å². The Morgan fingerprint density at radius 1 is 1.24 bits per heavy atom. The third kappa shape index (κ3) is 2.91. The number of nitrogens with zero attached hydrogens (tertiary/aromatic N) is 1. The van der Waals surface area contributed by atoms with Gasteiger partial charge in [0.05, 0.1) is 0 Å². The molecule has 0 radical (unpaired) electrons. The topological polar surface area (TPSA) is 71.1 Å². The van der Waals surface area contributed by atoms with Crippen LogP contribution in [0.15, 0.2) is 36.5 Å². The first-order valence-corrected chi connectivity index (χ1v) is 6.78. The minimum Gasteiger partial charge on any atom is -0.326 e. The van der Waals surface area contributed by atoms with E-state index in [1.165, 1.54) is 0 Å². The lowest BCUT2D eigenvalue weighted by Crippen LogP contribution is -2.20. The van der Waals surface area contributed by atoms with Crippen LogP contribution in [0.5, 0.6) is 0 Å². The van der Waals surface area contributed by atoms with Crippen LogP contribution in [0.4, 0.5) is 11.4 Å². The third-order valence-corrected chi connectivity index (χ3v) is 3.42. The van der Waals surface area contributed by atoms with Gasteiger partial charge in [0.15, 0.2) is 0 Å². The number of pyridine rings is 1. The monoisotopic (exact) mass is 281 g/mol. The van der Waals surface area contributed by atoms with Crippen LogP contribution in [-0.4, -0.2) is 16.8 Å². The van der Waals surface area contributed by atoms with E-state index >= 15 is 0 Å². The molecule has 2 amide bonds. The summed E-state index contributed by atoms with van der Waals surface area (Å²) in [6.07, 6.45) is 2.78. The predicted octanol–water partition coefficient (Wildman–Crippen LogP) is 2.53. The lowest BCUT2D eigenvalue weighted by molar-refractivity contribution is -0.116. The van der Waals surface area contributed by atoms with Gasteiger partial charge in [0.2, 0.25) is 5.91 Å². The SMILES string of the molecule is Cc1cc(NC(=O)c2ccc3c(c2)CCC(=O)N3)ccn1. The first kappa shape index (κ1) is 13.3. The summed E-state index contributed by atoms with van der Waals surface area (Å²) in [6, 6.07) is 8.89. The Kier molecular flexibility index (Phi) is 3.39. The Balaban J connectivity index is 1.81. The molecule has 2 heterocycles. The molecule has 106 valence electrons. The molecule has 0 unspecified atom stereocenters. The molecule has 5 heteroatoms. The molecule has 2 N–H and O–H groups in total. The number of anilines is 2. The van der Waals surface area contributed by atoms with Crippen LogP contribution in [0.3, 0.4) is 0 Å². The van der Waals surface area contributed by atoms with Crippen molar-refractivity contribution < 1.29 is 9.59 Å². The zero-order valence-corrected chi connectivity index (χ0v) is 11.6. The average Bonchev–Trinajstić information content (AvgIpc) is 2.46. The number of fused-ring (bicyclic) bond motifs is 1. The molecule has 0 atom stereocenters. The van der Waals surface area contributed by atoms with E-state index in [0.717, 1.165) is 22.6 Å². The summed E-state index contributed by atoms with van der Waals surface area (Å²) in [6.45, 7) is 1.87. The van der Waals surface area contributed by atoms with Crippen LogP contribution in [-0.2, 0) is 11.2 Å². The molecule has 1 aromatic carbocycles. The molecule has 2 aromatic rings. The van der Waals surface area contributed by atoms with Crippen molar-refractivity contribution in [1.82, 2.24) is 4.98 Å². The van der Waals surface area contributed by atoms with E-state index < -0.39 is 0 Å². The number of benzene rings is 1. The molecule has 21 heavy (non-hydrogen) atoms. The van der Waals surface area contributed by atoms with E-state index in [2.05, 4.69) is 15.6 Å². The number of hydrogen-bond donors (Lipinski definition) is 2. The summed E-state index contributed by atoms with van der Waals surface area (Å²) in [5, 5.41) is 5.65. The molecule has 0 aliphatic carbocycles. The summed E-state index contributed by atoms with van der Waals surface area (Å²) in [5.41, 5.74) is 3.94. The van der Waals surface area contributed by atoms with Crippen molar-refractivity contribution in [2.45, 2.75) is 19.8 Å². The van der Waals surface area contributed by atoms with Gasteiger partial charge in [-0.25, -0.2) is 0 Å². The number of aryl methyl sites for hydroxylation is 2. The summed E-state index contributed by atoms with van der Waals surface area (Å²) < 4.78 is 0. The highest BCUT2D eigenvalue weighted by Gasteiger charge is 2.16. The van der Waals surface area contributed by atoms with Gasteiger partial charge in [0, 0.05) is 35.2 Å². The number of carbonyl (C=O) groups excluding carboxylic acids is 2. The average molecular weight is 281 g/mol. The highest BCUT2D eigenvalue weighted by Crippen LogP contribution is 2.24. The first-order chi connectivity index (χ1) is 10.1. The summed E-state index contributed by atoms with van der Waals surface area (Å²) in [5.74, 6) is -0.146. The largest absolute Gasteiger partial charge is 0.326 e. The fourth-order valence-corrected chi connectivity index (χ4v) is 2.35. The van der Waals surface area contributed by atoms with E-state index in [1.54, 1.807) is 24.4 Å². The Morgan fingerprint density at radius 3 is 2.90 bits per heavy atom. The van der Waals surface area contributed by atoms with Crippen molar-refractivity contribution in [3.8, 4) is 0 Å². The van der Waals surface area contributed by atoms with Gasteiger partial charge >= 0.3 is 0 Å². The Morgan fingerprint density at radius 2 is 2.10 bits per heavy atom. The zero-order chi connectivity index (χ0) is 14.8. The van der Waals surface area contributed by atoms with Gasteiger partial charge in [0.25, 0.3) is 5.91 Å². The number of rotatable bonds is 2. The number of nitrogens with one attached hydrogen (secondary N) is 2. The van der Waals surface area contributed by atoms with Gasteiger partial charge < -0.3 is 10.6 Å². The van der Waals surface area contributed by atoms with Crippen molar-refractivity contribution in [2.24, 2.45) is 0 Å². The number of aromatic nitrogens is 1. The standard InChI is InChI=1S/C16H15N3O2/c1-10-8-13(6-7-17-10)18-16(21)12-2-4-14-11(9-12)3-5-15(20)19-14/h2,4,6-9H,3,5H2,1H3,(H,19,20)(H,17,18,21). The molecule has 0 saturated carbocycles. The summed E-state index contributed by atoms with van der Waals surface area (Å²) >= 11 is 0. The highest BCUT2D eigenvalue weighted by atomic mass is 16.2. The molecule has 0 spiro atoms. The third-order valence-electron chi connectivity index (χ3n) is 3.42. The highest BCUT2D eigenvalue weighted by molar-refractivity contribution is 6.05. The van der Waals surface area contributed by atoms with Gasteiger partial charge in [-0.2, -0.15) is 0 Å². The van der Waals surface area contributed by atoms with Crippen LogP contribution in [0.25, 0.3) is 0 Å². The van der Waals surface area contributed by atoms with Crippen LogP contribution >= 0.6 is 0 Å². The molecule has 1 aromatic heterocycles. The summed E-state index contributed by atoms with van der Waals surface area (Å²) in [4.78, 5) is 27.7. The van der Waals surface area contributed by atoms with Crippen LogP contribution in [0, 0.1) is 6.92 Å². The van der Waals surface area contributed by atoms with Gasteiger partial charge in [-0.05, 0) is 49.2 Å². The second-order valence-electron chi connectivity index (χ2n) is 5.06. The van der Waals surface area contributed by atoms with Crippen LogP contribution in [0.1, 0.15) is 28.0 Å². The molecule has 1 aliphatic heterocycles. The van der Waals surface area contributed by atoms with Crippen molar-refractivity contribution >= 4 is 23.2 Å². The van der Waals surface area contributed by atoms with E-state index in [1.807, 2.05) is 19.1 Å². The van der Waals surface area contributed by atoms with E-state index in [9.17, 15) is 9.59 Å².